The number of aliphatic hydroxyl groups excluding tert-OH is 1. The van der Waals surface area contributed by atoms with E-state index in [0.29, 0.717) is 5.82 Å². The molecule has 0 fully saturated rings. The molecule has 1 unspecified atom stereocenters. The molecule has 1 aromatic heterocycles. The minimum atomic E-state index is -0.0146. The van der Waals surface area contributed by atoms with Crippen molar-refractivity contribution in [2.24, 2.45) is 5.41 Å². The van der Waals surface area contributed by atoms with Crippen LogP contribution in [0.25, 0.3) is 0 Å². The van der Waals surface area contributed by atoms with Crippen molar-refractivity contribution in [2.75, 3.05) is 11.9 Å². The minimum Gasteiger partial charge on any atom is -0.394 e. The van der Waals surface area contributed by atoms with Crippen molar-refractivity contribution in [3.05, 3.63) is 18.3 Å². The Kier molecular flexibility index (Phi) is 3.41. The first kappa shape index (κ1) is 10.9. The number of hydrogen-bond donors (Lipinski definition) is 2. The maximum absolute atomic E-state index is 9.21. The fraction of sp³-hybridized carbons (Fsp3) is 0.600. The van der Waals surface area contributed by atoms with Crippen molar-refractivity contribution in [2.45, 2.75) is 26.8 Å². The number of nitrogens with one attached hydrogen (secondary N) is 1. The van der Waals surface area contributed by atoms with Crippen LogP contribution in [0, 0.1) is 5.41 Å². The second-order valence-corrected chi connectivity index (χ2v) is 4.35. The lowest BCUT2D eigenvalue weighted by Crippen LogP contribution is -2.37. The predicted molar refractivity (Wildman–Crippen MR) is 56.0 cm³/mol. The molecule has 4 nitrogen and oxygen atoms in total. The maximum atomic E-state index is 9.21. The van der Waals surface area contributed by atoms with Gasteiger partial charge < -0.3 is 10.4 Å². The standard InChI is InChI=1S/C10H17N3O/c1-10(2,3)8(7-14)12-9-5-4-6-11-13-9/h4-6,8,14H,7H2,1-3H3,(H,12,13). The van der Waals surface area contributed by atoms with Crippen molar-refractivity contribution in [1.29, 1.82) is 0 Å². The van der Waals surface area contributed by atoms with Gasteiger partial charge in [-0.2, -0.15) is 5.10 Å². The summed E-state index contributed by atoms with van der Waals surface area (Å²) in [6, 6.07) is 3.63. The summed E-state index contributed by atoms with van der Waals surface area (Å²) in [6.07, 6.45) is 1.62. The van der Waals surface area contributed by atoms with E-state index in [-0.39, 0.29) is 18.1 Å². The van der Waals surface area contributed by atoms with Gasteiger partial charge >= 0.3 is 0 Å². The maximum Gasteiger partial charge on any atom is 0.148 e. The molecule has 0 saturated heterocycles. The molecule has 78 valence electrons. The van der Waals surface area contributed by atoms with E-state index in [1.54, 1.807) is 6.20 Å². The number of rotatable bonds is 3. The molecule has 0 radical (unpaired) electrons. The number of nitrogens with zero attached hydrogens (tertiary/aromatic N) is 2. The van der Waals surface area contributed by atoms with Gasteiger partial charge in [-0.25, -0.2) is 0 Å². The molecule has 1 heterocycles. The van der Waals surface area contributed by atoms with Crippen LogP contribution in [0.4, 0.5) is 5.82 Å². The molecule has 1 rings (SSSR count). The lowest BCUT2D eigenvalue weighted by atomic mass is 9.87. The van der Waals surface area contributed by atoms with E-state index in [4.69, 9.17) is 0 Å². The summed E-state index contributed by atoms with van der Waals surface area (Å²) in [5, 5.41) is 20.0. The SMILES string of the molecule is CC(C)(C)C(CO)Nc1cccnn1. The first-order valence-electron chi connectivity index (χ1n) is 4.69. The van der Waals surface area contributed by atoms with E-state index in [0.717, 1.165) is 0 Å². The van der Waals surface area contributed by atoms with Gasteiger partial charge in [0.2, 0.25) is 0 Å². The molecule has 0 aliphatic rings. The zero-order valence-electron chi connectivity index (χ0n) is 8.86. The summed E-state index contributed by atoms with van der Waals surface area (Å²) in [6.45, 7) is 6.28. The fourth-order valence-corrected chi connectivity index (χ4v) is 1.09. The summed E-state index contributed by atoms with van der Waals surface area (Å²) >= 11 is 0. The van der Waals surface area contributed by atoms with Crippen LogP contribution in [0.1, 0.15) is 20.8 Å². The third-order valence-corrected chi connectivity index (χ3v) is 2.12. The molecule has 0 saturated carbocycles. The molecule has 0 aliphatic carbocycles. The van der Waals surface area contributed by atoms with Crippen LogP contribution in [0.5, 0.6) is 0 Å². The highest BCUT2D eigenvalue weighted by molar-refractivity contribution is 5.33. The average Bonchev–Trinajstić information content (AvgIpc) is 2.14. The largest absolute Gasteiger partial charge is 0.394 e. The first-order chi connectivity index (χ1) is 6.54. The molecular formula is C10H17N3O. The monoisotopic (exact) mass is 195 g/mol. The third-order valence-electron chi connectivity index (χ3n) is 2.12. The topological polar surface area (TPSA) is 58.0 Å². The molecule has 14 heavy (non-hydrogen) atoms. The van der Waals surface area contributed by atoms with Gasteiger partial charge in [-0.1, -0.05) is 20.8 Å². The van der Waals surface area contributed by atoms with Gasteiger partial charge in [-0.15, -0.1) is 5.10 Å². The molecule has 0 spiro atoms. The fourth-order valence-electron chi connectivity index (χ4n) is 1.09. The molecule has 0 aliphatic heterocycles. The molecule has 0 amide bonds. The normalized spacial score (nSPS) is 13.7. The Morgan fingerprint density at radius 1 is 1.50 bits per heavy atom. The van der Waals surface area contributed by atoms with Crippen molar-refractivity contribution < 1.29 is 5.11 Å². The van der Waals surface area contributed by atoms with Gasteiger partial charge in [-0.3, -0.25) is 0 Å². The van der Waals surface area contributed by atoms with E-state index in [2.05, 4.69) is 36.3 Å². The van der Waals surface area contributed by atoms with E-state index >= 15 is 0 Å². The Morgan fingerprint density at radius 2 is 2.21 bits per heavy atom. The molecule has 2 N–H and O–H groups in total. The second kappa shape index (κ2) is 4.37. The summed E-state index contributed by atoms with van der Waals surface area (Å²) in [7, 11) is 0. The van der Waals surface area contributed by atoms with Gasteiger partial charge in [0.1, 0.15) is 5.82 Å². The zero-order chi connectivity index (χ0) is 10.6. The van der Waals surface area contributed by atoms with Crippen LogP contribution in [-0.2, 0) is 0 Å². The highest BCUT2D eigenvalue weighted by Gasteiger charge is 2.23. The lowest BCUT2D eigenvalue weighted by Gasteiger charge is -2.29. The number of anilines is 1. The van der Waals surface area contributed by atoms with Crippen molar-refractivity contribution in [1.82, 2.24) is 10.2 Å². The van der Waals surface area contributed by atoms with Crippen LogP contribution >= 0.6 is 0 Å². The Bertz CT molecular complexity index is 268. The second-order valence-electron chi connectivity index (χ2n) is 4.35. The Hall–Kier alpha value is -1.16. The minimum absolute atomic E-state index is 0.00767. The van der Waals surface area contributed by atoms with Gasteiger partial charge in [0.15, 0.2) is 0 Å². The number of hydrogen-bond acceptors (Lipinski definition) is 4. The molecular weight excluding hydrogens is 178 g/mol. The Morgan fingerprint density at radius 3 is 2.64 bits per heavy atom. The van der Waals surface area contributed by atoms with Crippen LogP contribution in [0.15, 0.2) is 18.3 Å². The van der Waals surface area contributed by atoms with E-state index < -0.39 is 0 Å². The molecule has 1 aromatic rings. The smallest absolute Gasteiger partial charge is 0.148 e. The quantitative estimate of drug-likeness (QED) is 0.763. The van der Waals surface area contributed by atoms with Crippen LogP contribution < -0.4 is 5.32 Å². The Balaban J connectivity index is 2.67. The molecule has 4 heteroatoms. The lowest BCUT2D eigenvalue weighted by molar-refractivity contribution is 0.201. The van der Waals surface area contributed by atoms with Gasteiger partial charge in [0, 0.05) is 6.20 Å². The predicted octanol–water partition coefficient (Wildman–Crippen LogP) is 1.30. The van der Waals surface area contributed by atoms with E-state index in [9.17, 15) is 5.11 Å². The van der Waals surface area contributed by atoms with Crippen LogP contribution in [-0.4, -0.2) is 28.0 Å². The molecule has 1 atom stereocenters. The molecule has 0 aromatic carbocycles. The van der Waals surface area contributed by atoms with Gasteiger partial charge in [0.05, 0.1) is 12.6 Å². The van der Waals surface area contributed by atoms with E-state index in [1.165, 1.54) is 0 Å². The number of aliphatic hydroxyl groups is 1. The van der Waals surface area contributed by atoms with E-state index in [1.807, 2.05) is 12.1 Å². The van der Waals surface area contributed by atoms with Crippen LogP contribution in [0.3, 0.4) is 0 Å². The van der Waals surface area contributed by atoms with Crippen molar-refractivity contribution >= 4 is 5.82 Å². The zero-order valence-corrected chi connectivity index (χ0v) is 8.86. The number of aromatic nitrogens is 2. The highest BCUT2D eigenvalue weighted by atomic mass is 16.3. The summed E-state index contributed by atoms with van der Waals surface area (Å²) < 4.78 is 0. The summed E-state index contributed by atoms with van der Waals surface area (Å²) in [4.78, 5) is 0. The summed E-state index contributed by atoms with van der Waals surface area (Å²) in [5.74, 6) is 0.696. The summed E-state index contributed by atoms with van der Waals surface area (Å²) in [5.41, 5.74) is -0.00767. The van der Waals surface area contributed by atoms with Crippen molar-refractivity contribution in [3.8, 4) is 0 Å². The highest BCUT2D eigenvalue weighted by Crippen LogP contribution is 2.21. The third kappa shape index (κ3) is 2.96. The van der Waals surface area contributed by atoms with Gasteiger partial charge in [-0.05, 0) is 17.5 Å². The molecule has 0 bridgehead atoms. The Labute approximate surface area is 84.4 Å². The average molecular weight is 195 g/mol. The van der Waals surface area contributed by atoms with Crippen molar-refractivity contribution in [3.63, 3.8) is 0 Å². The van der Waals surface area contributed by atoms with Gasteiger partial charge in [0.25, 0.3) is 0 Å². The first-order valence-corrected chi connectivity index (χ1v) is 4.69. The van der Waals surface area contributed by atoms with Crippen LogP contribution in [0.2, 0.25) is 0 Å².